The van der Waals surface area contributed by atoms with Gasteiger partial charge in [-0.3, -0.25) is 4.79 Å². The minimum atomic E-state index is -3.02. The summed E-state index contributed by atoms with van der Waals surface area (Å²) < 4.78 is 29.5. The lowest BCUT2D eigenvalue weighted by Gasteiger charge is -2.08. The molecule has 18 heavy (non-hydrogen) atoms. The van der Waals surface area contributed by atoms with Crippen LogP contribution in [0, 0.1) is 10.1 Å². The molecule has 0 aliphatic rings. The quantitative estimate of drug-likeness (QED) is 0.499. The van der Waals surface area contributed by atoms with Crippen LogP contribution in [-0.2, 0) is 16.0 Å². The number of carbonyl (C=O) groups excluding carboxylic acids is 1. The maximum atomic E-state index is 12.6. The van der Waals surface area contributed by atoms with Crippen molar-refractivity contribution in [2.24, 2.45) is 0 Å². The molecule has 1 aromatic heterocycles. The number of alkyl halides is 2. The van der Waals surface area contributed by atoms with Gasteiger partial charge in [-0.1, -0.05) is 0 Å². The summed E-state index contributed by atoms with van der Waals surface area (Å²) >= 11 is 0. The Labute approximate surface area is 99.2 Å². The molecule has 0 spiro atoms. The average molecular weight is 262 g/mol. The third kappa shape index (κ3) is 2.67. The van der Waals surface area contributed by atoms with Gasteiger partial charge >= 0.3 is 11.8 Å². The van der Waals surface area contributed by atoms with Crippen molar-refractivity contribution in [2.75, 3.05) is 7.11 Å². The highest BCUT2D eigenvalue weighted by Gasteiger charge is 2.28. The summed E-state index contributed by atoms with van der Waals surface area (Å²) in [6.07, 6.45) is -3.17. The zero-order chi connectivity index (χ0) is 13.9. The molecule has 0 bridgehead atoms. The van der Waals surface area contributed by atoms with Crippen molar-refractivity contribution in [1.29, 1.82) is 0 Å². The van der Waals surface area contributed by atoms with Gasteiger partial charge in [0.2, 0.25) is 5.75 Å². The fourth-order valence-electron chi connectivity index (χ4n) is 1.27. The van der Waals surface area contributed by atoms with Gasteiger partial charge in [0.15, 0.2) is 0 Å². The Hall–Kier alpha value is -2.32. The summed E-state index contributed by atoms with van der Waals surface area (Å²) in [6.45, 7) is 0. The number of methoxy groups -OCH3 is 1. The van der Waals surface area contributed by atoms with Gasteiger partial charge in [-0.05, 0) is 9.91 Å². The van der Waals surface area contributed by atoms with Crippen LogP contribution in [0.2, 0.25) is 0 Å². The van der Waals surface area contributed by atoms with Gasteiger partial charge < -0.3 is 20.0 Å². The smallest absolute Gasteiger partial charge is 0.406 e. The first-order valence-corrected chi connectivity index (χ1v) is 4.58. The molecule has 0 aromatic carbocycles. The van der Waals surface area contributed by atoms with Crippen molar-refractivity contribution in [3.05, 3.63) is 27.4 Å². The molecular weight excluding hydrogens is 254 g/mol. The van der Waals surface area contributed by atoms with E-state index >= 15 is 0 Å². The van der Waals surface area contributed by atoms with Crippen molar-refractivity contribution < 1.29 is 28.3 Å². The molecule has 0 atom stereocenters. The second kappa shape index (κ2) is 5.34. The molecule has 1 heterocycles. The van der Waals surface area contributed by atoms with Crippen LogP contribution in [0.5, 0.6) is 5.75 Å². The minimum Gasteiger partial charge on any atom is -0.501 e. The number of carbonyl (C=O) groups is 1. The first kappa shape index (κ1) is 13.7. The molecule has 1 N–H and O–H groups in total. The monoisotopic (exact) mass is 262 g/mol. The lowest BCUT2D eigenvalue weighted by atomic mass is 10.1. The van der Waals surface area contributed by atoms with Crippen LogP contribution in [0.25, 0.3) is 0 Å². The van der Waals surface area contributed by atoms with Gasteiger partial charge in [-0.25, -0.2) is 8.78 Å². The van der Waals surface area contributed by atoms with Crippen LogP contribution in [0.15, 0.2) is 6.20 Å². The van der Waals surface area contributed by atoms with Gasteiger partial charge in [0.25, 0.3) is 6.43 Å². The van der Waals surface area contributed by atoms with E-state index < -0.39 is 46.4 Å². The molecule has 0 aliphatic carbocycles. The molecule has 0 aliphatic heterocycles. The molecule has 0 radical (unpaired) electrons. The van der Waals surface area contributed by atoms with Crippen LogP contribution in [0.1, 0.15) is 17.6 Å². The van der Waals surface area contributed by atoms with Gasteiger partial charge in [-0.15, -0.1) is 0 Å². The standard InChI is InChI=1S/C9H8F2N2O5/c1-18-6(14)2-4-5(8(10)11)3-12-9(7(4)15)13(16)17/h3,8,15H,2H2,1H3. The summed E-state index contributed by atoms with van der Waals surface area (Å²) in [6, 6.07) is 0. The molecule has 0 unspecified atom stereocenters. The highest BCUT2D eigenvalue weighted by molar-refractivity contribution is 5.74. The highest BCUT2D eigenvalue weighted by Crippen LogP contribution is 2.34. The molecule has 0 amide bonds. The molecule has 0 saturated heterocycles. The topological polar surface area (TPSA) is 103 Å². The van der Waals surface area contributed by atoms with E-state index in [2.05, 4.69) is 9.72 Å². The molecule has 1 rings (SSSR count). The van der Waals surface area contributed by atoms with Gasteiger partial charge in [0, 0.05) is 5.56 Å². The van der Waals surface area contributed by atoms with Crippen LogP contribution in [0.4, 0.5) is 14.6 Å². The van der Waals surface area contributed by atoms with Gasteiger partial charge in [-0.2, -0.15) is 0 Å². The molecular formula is C9H8F2N2O5. The van der Waals surface area contributed by atoms with E-state index in [4.69, 9.17) is 0 Å². The Balaban J connectivity index is 3.35. The van der Waals surface area contributed by atoms with Crippen LogP contribution < -0.4 is 0 Å². The highest BCUT2D eigenvalue weighted by atomic mass is 19.3. The van der Waals surface area contributed by atoms with E-state index in [1.807, 2.05) is 0 Å². The number of halogens is 2. The Kier molecular flexibility index (Phi) is 4.08. The summed E-state index contributed by atoms with van der Waals surface area (Å²) in [5.41, 5.74) is -1.30. The van der Waals surface area contributed by atoms with Crippen molar-refractivity contribution in [1.82, 2.24) is 4.98 Å². The normalized spacial score (nSPS) is 10.4. The summed E-state index contributed by atoms with van der Waals surface area (Å²) in [7, 11) is 1.02. The van der Waals surface area contributed by atoms with Gasteiger partial charge in [0.1, 0.15) is 6.20 Å². The molecule has 98 valence electrons. The number of rotatable bonds is 4. The number of esters is 1. The number of hydrogen-bond donors (Lipinski definition) is 1. The third-order valence-corrected chi connectivity index (χ3v) is 2.13. The second-order valence-electron chi connectivity index (χ2n) is 3.18. The third-order valence-electron chi connectivity index (χ3n) is 2.13. The number of aromatic nitrogens is 1. The zero-order valence-electron chi connectivity index (χ0n) is 9.09. The largest absolute Gasteiger partial charge is 0.501 e. The summed E-state index contributed by atoms with van der Waals surface area (Å²) in [5.74, 6) is -2.95. The SMILES string of the molecule is COC(=O)Cc1c(C(F)F)cnc([N+](=O)[O-])c1O. The second-order valence-corrected chi connectivity index (χ2v) is 3.18. The zero-order valence-corrected chi connectivity index (χ0v) is 9.09. The van der Waals surface area contributed by atoms with E-state index in [1.54, 1.807) is 0 Å². The van der Waals surface area contributed by atoms with E-state index in [-0.39, 0.29) is 0 Å². The Morgan fingerprint density at radius 3 is 2.72 bits per heavy atom. The molecule has 9 heteroatoms. The average Bonchev–Trinajstić information content (AvgIpc) is 2.30. The van der Waals surface area contributed by atoms with Crippen LogP contribution in [-0.4, -0.2) is 28.1 Å². The van der Waals surface area contributed by atoms with E-state index in [0.717, 1.165) is 7.11 Å². The number of aromatic hydroxyl groups is 1. The summed E-state index contributed by atoms with van der Waals surface area (Å²) in [4.78, 5) is 23.6. The van der Waals surface area contributed by atoms with E-state index in [9.17, 15) is 28.8 Å². The van der Waals surface area contributed by atoms with Crippen LogP contribution >= 0.6 is 0 Å². The van der Waals surface area contributed by atoms with Crippen LogP contribution in [0.3, 0.4) is 0 Å². The van der Waals surface area contributed by atoms with Crippen molar-refractivity contribution in [2.45, 2.75) is 12.8 Å². The van der Waals surface area contributed by atoms with Crippen molar-refractivity contribution in [3.63, 3.8) is 0 Å². The lowest BCUT2D eigenvalue weighted by molar-refractivity contribution is -0.390. The van der Waals surface area contributed by atoms with Crippen molar-refractivity contribution in [3.8, 4) is 5.75 Å². The predicted octanol–water partition coefficient (Wildman–Crippen LogP) is 1.35. The fraction of sp³-hybridized carbons (Fsp3) is 0.333. The maximum Gasteiger partial charge on any atom is 0.406 e. The molecule has 0 fully saturated rings. The fourth-order valence-corrected chi connectivity index (χ4v) is 1.27. The lowest BCUT2D eigenvalue weighted by Crippen LogP contribution is -2.09. The van der Waals surface area contributed by atoms with Gasteiger partial charge in [0.05, 0.1) is 19.1 Å². The Morgan fingerprint density at radius 1 is 1.67 bits per heavy atom. The van der Waals surface area contributed by atoms with E-state index in [1.165, 1.54) is 0 Å². The molecule has 7 nitrogen and oxygen atoms in total. The number of pyridine rings is 1. The Morgan fingerprint density at radius 2 is 2.28 bits per heavy atom. The number of nitrogens with zero attached hydrogens (tertiary/aromatic N) is 2. The van der Waals surface area contributed by atoms with E-state index in [0.29, 0.717) is 6.20 Å². The summed E-state index contributed by atoms with van der Waals surface area (Å²) in [5, 5.41) is 20.0. The number of hydrogen-bond acceptors (Lipinski definition) is 6. The number of ether oxygens (including phenoxy) is 1. The predicted molar refractivity (Wildman–Crippen MR) is 53.2 cm³/mol. The first-order valence-electron chi connectivity index (χ1n) is 4.58. The van der Waals surface area contributed by atoms with Crippen molar-refractivity contribution >= 4 is 11.8 Å². The minimum absolute atomic E-state index is 0.556. The molecule has 1 aromatic rings. The Bertz CT molecular complexity index is 492. The molecule has 0 saturated carbocycles. The maximum absolute atomic E-state index is 12.6. The first-order chi connectivity index (χ1) is 8.38. The number of nitro groups is 1.